The summed E-state index contributed by atoms with van der Waals surface area (Å²) in [4.78, 5) is 0. The number of halogens is 3. The molecule has 4 heteroatoms. The minimum atomic E-state index is 0.221. The second-order valence-corrected chi connectivity index (χ2v) is 7.46. The lowest BCUT2D eigenvalue weighted by molar-refractivity contribution is 0.424. The maximum atomic E-state index is 6.46. The van der Waals surface area contributed by atoms with Crippen molar-refractivity contribution in [3.8, 4) is 0 Å². The second-order valence-electron chi connectivity index (χ2n) is 5.82. The minimum Gasteiger partial charge on any atom is -0.376 e. The van der Waals surface area contributed by atoms with Gasteiger partial charge in [0.05, 0.1) is 21.8 Å². The molecule has 1 aliphatic carbocycles. The van der Waals surface area contributed by atoms with E-state index in [1.807, 2.05) is 12.1 Å². The van der Waals surface area contributed by atoms with Crippen molar-refractivity contribution in [2.24, 2.45) is 5.92 Å². The van der Waals surface area contributed by atoms with Crippen LogP contribution in [-0.4, -0.2) is 0 Å². The van der Waals surface area contributed by atoms with E-state index in [0.29, 0.717) is 21.9 Å². The van der Waals surface area contributed by atoms with Crippen LogP contribution < -0.4 is 5.32 Å². The van der Waals surface area contributed by atoms with Gasteiger partial charge in [-0.25, -0.2) is 0 Å². The molecule has 4 rings (SSSR count). The third-order valence-electron chi connectivity index (χ3n) is 4.67. The fourth-order valence-corrected chi connectivity index (χ4v) is 4.55. The number of hydrogen-bond donors (Lipinski definition) is 1. The molecule has 0 saturated carbocycles. The molecule has 1 heterocycles. The topological polar surface area (TPSA) is 12.0 Å². The maximum absolute atomic E-state index is 6.46. The Morgan fingerprint density at radius 2 is 1.86 bits per heavy atom. The van der Waals surface area contributed by atoms with Crippen LogP contribution in [0.5, 0.6) is 0 Å². The first-order valence-corrected chi connectivity index (χ1v) is 8.87. The van der Waals surface area contributed by atoms with Crippen LogP contribution in [0.15, 0.2) is 53.0 Å². The molecule has 22 heavy (non-hydrogen) atoms. The predicted molar refractivity (Wildman–Crippen MR) is 97.0 cm³/mol. The van der Waals surface area contributed by atoms with Gasteiger partial charge in [-0.2, -0.15) is 0 Å². The summed E-state index contributed by atoms with van der Waals surface area (Å²) in [6.45, 7) is 0. The molecule has 2 aliphatic rings. The number of anilines is 1. The minimum absolute atomic E-state index is 0.221. The first-order chi connectivity index (χ1) is 10.7. The van der Waals surface area contributed by atoms with Crippen molar-refractivity contribution >= 4 is 44.8 Å². The Kier molecular flexibility index (Phi) is 3.72. The van der Waals surface area contributed by atoms with Crippen LogP contribution in [0.1, 0.15) is 29.5 Å². The van der Waals surface area contributed by atoms with Crippen molar-refractivity contribution < 1.29 is 0 Å². The highest BCUT2D eigenvalue weighted by Crippen LogP contribution is 2.53. The van der Waals surface area contributed by atoms with Gasteiger partial charge in [0, 0.05) is 10.4 Å². The van der Waals surface area contributed by atoms with Gasteiger partial charge in [0.1, 0.15) is 0 Å². The van der Waals surface area contributed by atoms with E-state index in [2.05, 4.69) is 57.7 Å². The molecule has 112 valence electrons. The quantitative estimate of drug-likeness (QED) is 0.538. The first kappa shape index (κ1) is 14.6. The van der Waals surface area contributed by atoms with Crippen LogP contribution in [0.2, 0.25) is 10.0 Å². The van der Waals surface area contributed by atoms with Gasteiger partial charge < -0.3 is 5.32 Å². The summed E-state index contributed by atoms with van der Waals surface area (Å²) in [5, 5.41) is 4.87. The molecule has 0 saturated heterocycles. The molecule has 0 spiro atoms. The standard InChI is InChI=1S/C18H14BrCl2N/c19-14-7-2-1-4-13(14)17-11-6-3-5-10(11)12-8-9-15(20)16(21)18(12)22-17/h1-5,7-11,17,22H,6H2/t10-,11+,17+/m1/s1. The Labute approximate surface area is 148 Å². The van der Waals surface area contributed by atoms with E-state index in [4.69, 9.17) is 23.2 Å². The highest BCUT2D eigenvalue weighted by molar-refractivity contribution is 9.10. The molecule has 2 aromatic carbocycles. The molecule has 1 aliphatic heterocycles. The van der Waals surface area contributed by atoms with E-state index in [0.717, 1.165) is 16.6 Å². The van der Waals surface area contributed by atoms with E-state index < -0.39 is 0 Å². The summed E-state index contributed by atoms with van der Waals surface area (Å²) in [5.74, 6) is 0.895. The van der Waals surface area contributed by atoms with E-state index >= 15 is 0 Å². The molecule has 3 atom stereocenters. The van der Waals surface area contributed by atoms with Crippen molar-refractivity contribution in [1.29, 1.82) is 0 Å². The molecule has 0 unspecified atom stereocenters. The van der Waals surface area contributed by atoms with E-state index in [1.165, 1.54) is 11.1 Å². The van der Waals surface area contributed by atoms with E-state index in [9.17, 15) is 0 Å². The van der Waals surface area contributed by atoms with E-state index in [-0.39, 0.29) is 6.04 Å². The second kappa shape index (κ2) is 5.59. The lowest BCUT2D eigenvalue weighted by Crippen LogP contribution is -2.29. The third-order valence-corrected chi connectivity index (χ3v) is 6.19. The third kappa shape index (κ3) is 2.20. The van der Waals surface area contributed by atoms with Crippen molar-refractivity contribution in [3.63, 3.8) is 0 Å². The van der Waals surface area contributed by atoms with Crippen molar-refractivity contribution in [3.05, 3.63) is 74.2 Å². The molecular weight excluding hydrogens is 381 g/mol. The van der Waals surface area contributed by atoms with Crippen LogP contribution in [0, 0.1) is 5.92 Å². The molecular formula is C18H14BrCl2N. The molecule has 0 bridgehead atoms. The molecule has 2 aromatic rings. The van der Waals surface area contributed by atoms with Crippen LogP contribution in [0.3, 0.4) is 0 Å². The summed E-state index contributed by atoms with van der Waals surface area (Å²) >= 11 is 16.4. The maximum Gasteiger partial charge on any atom is 0.0826 e. The van der Waals surface area contributed by atoms with Gasteiger partial charge in [0.15, 0.2) is 0 Å². The average molecular weight is 395 g/mol. The van der Waals surface area contributed by atoms with Crippen molar-refractivity contribution in [2.45, 2.75) is 18.4 Å². The van der Waals surface area contributed by atoms with Gasteiger partial charge in [-0.15, -0.1) is 0 Å². The molecule has 0 radical (unpaired) electrons. The lowest BCUT2D eigenvalue weighted by atomic mass is 9.77. The average Bonchev–Trinajstić information content (AvgIpc) is 3.00. The molecule has 0 amide bonds. The van der Waals surface area contributed by atoms with Crippen molar-refractivity contribution in [2.75, 3.05) is 5.32 Å². The number of nitrogens with one attached hydrogen (secondary N) is 1. The first-order valence-electron chi connectivity index (χ1n) is 7.32. The SMILES string of the molecule is Clc1ccc2c(c1Cl)N[C@H](c1ccccc1Br)[C@H]1CC=C[C@@H]21. The van der Waals surface area contributed by atoms with Crippen LogP contribution in [-0.2, 0) is 0 Å². The molecule has 1 nitrogen and oxygen atoms in total. The number of allylic oxidation sites excluding steroid dienone is 2. The normalized spacial score (nSPS) is 25.5. The van der Waals surface area contributed by atoms with Gasteiger partial charge in [-0.3, -0.25) is 0 Å². The van der Waals surface area contributed by atoms with Gasteiger partial charge in [-0.1, -0.05) is 75.5 Å². The number of benzene rings is 2. The van der Waals surface area contributed by atoms with Gasteiger partial charge in [0.2, 0.25) is 0 Å². The fraction of sp³-hybridized carbons (Fsp3) is 0.222. The highest BCUT2D eigenvalue weighted by Gasteiger charge is 2.39. The zero-order chi connectivity index (χ0) is 15.3. The Bertz CT molecular complexity index is 772. The summed E-state index contributed by atoms with van der Waals surface area (Å²) in [7, 11) is 0. The number of hydrogen-bond acceptors (Lipinski definition) is 1. The Morgan fingerprint density at radius 3 is 2.68 bits per heavy atom. The predicted octanol–water partition coefficient (Wildman–Crippen LogP) is 6.58. The van der Waals surface area contributed by atoms with Gasteiger partial charge in [-0.05, 0) is 35.6 Å². The highest BCUT2D eigenvalue weighted by atomic mass is 79.9. The summed E-state index contributed by atoms with van der Waals surface area (Å²) in [6.07, 6.45) is 5.65. The molecule has 0 aromatic heterocycles. The molecule has 1 N–H and O–H groups in total. The van der Waals surface area contributed by atoms with Gasteiger partial charge in [0.25, 0.3) is 0 Å². The zero-order valence-electron chi connectivity index (χ0n) is 11.7. The number of fused-ring (bicyclic) bond motifs is 3. The molecule has 0 fully saturated rings. The number of rotatable bonds is 1. The largest absolute Gasteiger partial charge is 0.376 e. The smallest absolute Gasteiger partial charge is 0.0826 e. The van der Waals surface area contributed by atoms with Crippen LogP contribution in [0.25, 0.3) is 0 Å². The van der Waals surface area contributed by atoms with Crippen molar-refractivity contribution in [1.82, 2.24) is 0 Å². The van der Waals surface area contributed by atoms with Crippen LogP contribution >= 0.6 is 39.1 Å². The summed E-state index contributed by atoms with van der Waals surface area (Å²) in [6, 6.07) is 12.6. The Morgan fingerprint density at radius 1 is 1.05 bits per heavy atom. The van der Waals surface area contributed by atoms with Gasteiger partial charge >= 0.3 is 0 Å². The van der Waals surface area contributed by atoms with Crippen LogP contribution in [0.4, 0.5) is 5.69 Å². The summed E-state index contributed by atoms with van der Waals surface area (Å²) in [5.41, 5.74) is 3.49. The monoisotopic (exact) mass is 393 g/mol. The Balaban J connectivity index is 1.87. The lowest BCUT2D eigenvalue weighted by Gasteiger charge is -2.38. The Hall–Kier alpha value is -0.960. The summed E-state index contributed by atoms with van der Waals surface area (Å²) < 4.78 is 1.12. The zero-order valence-corrected chi connectivity index (χ0v) is 14.8. The van der Waals surface area contributed by atoms with E-state index in [1.54, 1.807) is 0 Å². The fourth-order valence-electron chi connectivity index (χ4n) is 3.64.